The molecule has 3 aromatic heterocycles. The van der Waals surface area contributed by atoms with Crippen molar-refractivity contribution in [1.82, 2.24) is 29.7 Å². The highest BCUT2D eigenvalue weighted by atomic mass is 35.5. The Bertz CT molecular complexity index is 3140. The van der Waals surface area contributed by atoms with Crippen LogP contribution in [0.3, 0.4) is 0 Å². The van der Waals surface area contributed by atoms with Crippen molar-refractivity contribution < 1.29 is 52.2 Å². The number of thiophene rings is 1. The minimum atomic E-state index is -1.45. The number of piperazine rings is 1. The molecule has 2 fully saturated rings. The number of methoxy groups -OCH3 is 1. The number of carboxylic acids is 1. The summed E-state index contributed by atoms with van der Waals surface area (Å²) in [5, 5.41) is 14.9. The van der Waals surface area contributed by atoms with Crippen LogP contribution in [0.4, 0.5) is 4.39 Å². The molecule has 1 saturated heterocycles. The lowest BCUT2D eigenvalue weighted by atomic mass is 9.87. The topological polar surface area (TPSA) is 169 Å². The molecule has 4 aromatic carbocycles. The largest absolute Gasteiger partial charge is 0.490 e. The maximum absolute atomic E-state index is 15.3. The Morgan fingerprint density at radius 3 is 2.43 bits per heavy atom. The van der Waals surface area contributed by atoms with Crippen molar-refractivity contribution in [3.05, 3.63) is 93.5 Å². The smallest absolute Gasteiger partial charge is 0.345 e. The molecular weight excluding hydrogens is 1010 g/mol. The SMILES string of the molecule is COCCOCCOCCOC1CCC(c2nccc(COc3ccc4cc3C[C@H](C(=O)O)Oc3ncnc5sc6c7ccc(F)cc7c7c(Cl)c(c(Cl)c(C)c7c6c35)O[C@H](CN3CCN(C)CC3)CO4)n2)CC1. The highest BCUT2D eigenvalue weighted by Crippen LogP contribution is 2.53. The fraction of sp³-hybridized carbons (Fsp3) is 0.463. The Kier molecular flexibility index (Phi) is 16.7. The highest BCUT2D eigenvalue weighted by Gasteiger charge is 2.32. The number of aliphatic carboxylic acids is 1. The van der Waals surface area contributed by atoms with Crippen LogP contribution in [-0.4, -0.2) is 152 Å². The molecule has 11 rings (SSSR count). The van der Waals surface area contributed by atoms with Gasteiger partial charge in [-0.3, -0.25) is 4.90 Å². The van der Waals surface area contributed by atoms with Gasteiger partial charge in [0.1, 0.15) is 53.6 Å². The van der Waals surface area contributed by atoms with Gasteiger partial charge in [0.05, 0.1) is 66.9 Å². The first kappa shape index (κ1) is 52.2. The molecule has 6 bridgehead atoms. The van der Waals surface area contributed by atoms with E-state index in [1.54, 1.807) is 37.6 Å². The molecule has 0 radical (unpaired) electrons. The summed E-state index contributed by atoms with van der Waals surface area (Å²) in [7, 11) is 3.74. The number of carboxylic acid groups (broad SMARTS) is 1. The van der Waals surface area contributed by atoms with Gasteiger partial charge in [0.25, 0.3) is 0 Å². The van der Waals surface area contributed by atoms with E-state index in [2.05, 4.69) is 31.8 Å². The average molecular weight is 1070 g/mol. The summed E-state index contributed by atoms with van der Waals surface area (Å²) in [5.41, 5.74) is 1.83. The van der Waals surface area contributed by atoms with Crippen LogP contribution in [0.25, 0.3) is 41.8 Å². The first-order valence-electron chi connectivity index (χ1n) is 25.1. The van der Waals surface area contributed by atoms with E-state index in [1.807, 2.05) is 13.0 Å². The summed E-state index contributed by atoms with van der Waals surface area (Å²) in [6.07, 6.45) is 4.64. The highest BCUT2D eigenvalue weighted by molar-refractivity contribution is 7.26. The van der Waals surface area contributed by atoms with Crippen molar-refractivity contribution in [3.63, 3.8) is 0 Å². The van der Waals surface area contributed by atoms with Crippen molar-refractivity contribution in [2.24, 2.45) is 0 Å². The van der Waals surface area contributed by atoms with Crippen LogP contribution in [0, 0.1) is 12.7 Å². The number of rotatable bonds is 17. The van der Waals surface area contributed by atoms with Gasteiger partial charge in [0, 0.05) is 84.8 Å². The van der Waals surface area contributed by atoms with E-state index in [0.29, 0.717) is 112 Å². The van der Waals surface area contributed by atoms with Gasteiger partial charge in [-0.15, -0.1) is 11.3 Å². The fourth-order valence-corrected chi connectivity index (χ4v) is 11.9. The van der Waals surface area contributed by atoms with Gasteiger partial charge in [-0.2, -0.15) is 0 Å². The van der Waals surface area contributed by atoms with E-state index in [9.17, 15) is 9.90 Å². The molecule has 0 unspecified atom stereocenters. The second-order valence-electron chi connectivity index (χ2n) is 19.0. The summed E-state index contributed by atoms with van der Waals surface area (Å²) in [4.78, 5) is 37.3. The minimum Gasteiger partial charge on any atom is -0.490 e. The number of likely N-dealkylation sites (N-methyl/N-ethyl adjacent to an activating group) is 1. The lowest BCUT2D eigenvalue weighted by Crippen LogP contribution is -2.49. The Balaban J connectivity index is 0.942. The number of hydrogen-bond acceptors (Lipinski definition) is 16. The third kappa shape index (κ3) is 11.6. The van der Waals surface area contributed by atoms with Gasteiger partial charge >= 0.3 is 5.97 Å². The van der Waals surface area contributed by atoms with Gasteiger partial charge < -0.3 is 47.9 Å². The van der Waals surface area contributed by atoms with Crippen LogP contribution in [-0.2, 0) is 36.8 Å². The normalized spacial score (nSPS) is 19.9. The number of ether oxygens (including phenoxy) is 8. The molecule has 6 heterocycles. The maximum atomic E-state index is 15.3. The number of aryl methyl sites for hydroxylation is 1. The molecule has 1 aliphatic carbocycles. The summed E-state index contributed by atoms with van der Waals surface area (Å²) >= 11 is 16.2. The van der Waals surface area contributed by atoms with Crippen LogP contribution in [0.5, 0.6) is 23.1 Å². The molecule has 2 atom stereocenters. The molecule has 20 heteroatoms. The van der Waals surface area contributed by atoms with Crippen molar-refractivity contribution >= 4 is 82.4 Å². The molecule has 1 saturated carbocycles. The molecule has 392 valence electrons. The molecule has 7 aromatic rings. The van der Waals surface area contributed by atoms with Gasteiger partial charge in [-0.1, -0.05) is 29.3 Å². The zero-order valence-corrected chi connectivity index (χ0v) is 43.9. The third-order valence-corrected chi connectivity index (χ3v) is 16.0. The van der Waals surface area contributed by atoms with E-state index in [0.717, 1.165) is 62.4 Å². The van der Waals surface area contributed by atoms with Crippen molar-refractivity contribution in [2.75, 3.05) is 93.1 Å². The molecule has 0 spiro atoms. The predicted molar refractivity (Wildman–Crippen MR) is 282 cm³/mol. The average Bonchev–Trinajstić information content (AvgIpc) is 3.82. The number of aromatic nitrogens is 4. The zero-order valence-electron chi connectivity index (χ0n) is 41.6. The third-order valence-electron chi connectivity index (χ3n) is 14.0. The monoisotopic (exact) mass is 1070 g/mol. The van der Waals surface area contributed by atoms with Gasteiger partial charge in [-0.25, -0.2) is 29.1 Å². The van der Waals surface area contributed by atoms with E-state index < -0.39 is 24.0 Å². The Labute approximate surface area is 441 Å². The van der Waals surface area contributed by atoms with E-state index in [1.165, 1.54) is 29.8 Å². The molecule has 1 N–H and O–H groups in total. The zero-order chi connectivity index (χ0) is 51.3. The Morgan fingerprint density at radius 1 is 0.865 bits per heavy atom. The van der Waals surface area contributed by atoms with Gasteiger partial charge in [0.15, 0.2) is 5.75 Å². The number of fused-ring (bicyclic) bond motifs is 8. The first-order valence-corrected chi connectivity index (χ1v) is 26.6. The van der Waals surface area contributed by atoms with Crippen LogP contribution in [0.2, 0.25) is 10.0 Å². The number of carbonyl (C=O) groups is 1. The summed E-state index contributed by atoms with van der Waals surface area (Å²) in [5.74, 6) is 0.438. The standard InChI is InChI=1S/C54H59Cl2FN6O10S/c1-31-43-44-40-26-34(57)6-10-39(40)50-45(43)46-52(59-30-60-53(46)74-50)73-42(54(64)65)25-33-24-37(70-29-38(72-49(47(31)55)48(44)56)27-63-16-14-62(2)15-17-63)9-11-41(33)71-28-35-12-13-58-51(61-35)32-4-7-36(8-5-32)69-23-22-68-21-20-67-19-18-66-3/h6,9-13,24,26,30,32,36,38,42H,4-5,7-8,14-23,25,27-29H2,1-3H3,(H,64,65)/t32?,36?,38-,42-/m1/s1. The number of benzene rings is 4. The molecule has 16 nitrogen and oxygen atoms in total. The molecule has 0 amide bonds. The molecule has 3 aliphatic heterocycles. The van der Waals surface area contributed by atoms with E-state index >= 15 is 4.39 Å². The lowest BCUT2D eigenvalue weighted by molar-refractivity contribution is -0.145. The van der Waals surface area contributed by atoms with Gasteiger partial charge in [0.2, 0.25) is 12.0 Å². The lowest BCUT2D eigenvalue weighted by Gasteiger charge is -2.35. The van der Waals surface area contributed by atoms with Crippen LogP contribution in [0.1, 0.15) is 54.2 Å². The molecular formula is C54H59Cl2FN6O10S. The van der Waals surface area contributed by atoms with Crippen molar-refractivity contribution in [2.45, 2.75) is 69.9 Å². The predicted octanol–water partition coefficient (Wildman–Crippen LogP) is 9.46. The van der Waals surface area contributed by atoms with Crippen molar-refractivity contribution in [3.8, 4) is 23.1 Å². The van der Waals surface area contributed by atoms with E-state index in [4.69, 9.17) is 66.1 Å². The molecule has 4 aliphatic rings. The van der Waals surface area contributed by atoms with Crippen LogP contribution < -0.4 is 18.9 Å². The Hall–Kier alpha value is -5.28. The maximum Gasteiger partial charge on any atom is 0.345 e. The summed E-state index contributed by atoms with van der Waals surface area (Å²) in [6, 6.07) is 11.7. The second-order valence-corrected chi connectivity index (χ2v) is 20.8. The number of halogens is 3. The second kappa shape index (κ2) is 23.7. The van der Waals surface area contributed by atoms with Crippen LogP contribution >= 0.6 is 34.5 Å². The quantitative estimate of drug-likeness (QED) is 0.0675. The molecule has 74 heavy (non-hydrogen) atoms. The Morgan fingerprint density at radius 2 is 1.65 bits per heavy atom. The minimum absolute atomic E-state index is 0.0496. The summed E-state index contributed by atoms with van der Waals surface area (Å²) < 4.78 is 64.8. The first-order chi connectivity index (χ1) is 36.0. The van der Waals surface area contributed by atoms with E-state index in [-0.39, 0.29) is 53.3 Å². The number of nitrogens with zero attached hydrogens (tertiary/aromatic N) is 6. The van der Waals surface area contributed by atoms with Gasteiger partial charge in [-0.05, 0) is 92.4 Å². The van der Waals surface area contributed by atoms with Crippen molar-refractivity contribution in [1.29, 1.82) is 0 Å². The fourth-order valence-electron chi connectivity index (χ4n) is 10.1. The summed E-state index contributed by atoms with van der Waals surface area (Å²) in [6.45, 7) is 9.10. The number of hydrogen-bond donors (Lipinski definition) is 1. The van der Waals surface area contributed by atoms with Crippen LogP contribution in [0.15, 0.2) is 55.0 Å².